The number of hydrogen-bond acceptors (Lipinski definition) is 5. The fourth-order valence-electron chi connectivity index (χ4n) is 3.20. The molecule has 0 radical (unpaired) electrons. The van der Waals surface area contributed by atoms with Gasteiger partial charge in [-0.15, -0.1) is 0 Å². The van der Waals surface area contributed by atoms with Gasteiger partial charge in [-0.05, 0) is 17.5 Å². The zero-order valence-corrected chi connectivity index (χ0v) is 14.1. The maximum Gasteiger partial charge on any atom is 0.241 e. The van der Waals surface area contributed by atoms with E-state index in [0.717, 1.165) is 5.56 Å². The van der Waals surface area contributed by atoms with Crippen LogP contribution in [0.5, 0.6) is 0 Å². The van der Waals surface area contributed by atoms with E-state index in [1.54, 1.807) is 11.8 Å². The van der Waals surface area contributed by atoms with Gasteiger partial charge in [0.2, 0.25) is 11.8 Å². The maximum absolute atomic E-state index is 13.1. The van der Waals surface area contributed by atoms with E-state index in [4.69, 9.17) is 10.3 Å². The molecule has 0 saturated carbocycles. The summed E-state index contributed by atoms with van der Waals surface area (Å²) in [6, 6.07) is 8.11. The zero-order valence-electron chi connectivity index (χ0n) is 13.3. The number of benzene rings is 1. The third kappa shape index (κ3) is 2.77. The van der Waals surface area contributed by atoms with Crippen molar-refractivity contribution in [3.8, 4) is 0 Å². The van der Waals surface area contributed by atoms with Crippen molar-refractivity contribution in [2.45, 2.75) is 30.5 Å². The fraction of sp³-hybridized carbons (Fsp3) is 0.500. The van der Waals surface area contributed by atoms with Gasteiger partial charge in [-0.2, -0.15) is 11.8 Å². The van der Waals surface area contributed by atoms with Crippen LogP contribution < -0.4 is 0 Å². The Labute approximate surface area is 144 Å². The number of azide groups is 1. The normalized spacial score (nSPS) is 23.3. The van der Waals surface area contributed by atoms with E-state index in [9.17, 15) is 9.59 Å². The summed E-state index contributed by atoms with van der Waals surface area (Å²) >= 11 is 1.62. The first-order valence-corrected chi connectivity index (χ1v) is 8.86. The molecule has 24 heavy (non-hydrogen) atoms. The molecule has 3 rings (SSSR count). The second kappa shape index (κ2) is 6.84. The Morgan fingerprint density at radius 3 is 2.71 bits per heavy atom. The minimum atomic E-state index is -1.03. The maximum atomic E-state index is 13.1. The third-order valence-electron chi connectivity index (χ3n) is 4.63. The standard InChI is InChI=1S/C16H18N4O3S/c1-23-16(9-24-10-16)14(18-19-17)15(22)20-12(7-8-13(20)21)11-5-3-2-4-6-11/h2-6,12,14H,7-10H2,1H3/t12-,14-/m1/s1. The monoisotopic (exact) mass is 346 g/mol. The Kier molecular flexibility index (Phi) is 4.80. The zero-order chi connectivity index (χ0) is 17.2. The number of rotatable bonds is 5. The lowest BCUT2D eigenvalue weighted by Gasteiger charge is -2.44. The lowest BCUT2D eigenvalue weighted by Crippen LogP contribution is -2.60. The van der Waals surface area contributed by atoms with Crippen molar-refractivity contribution >= 4 is 23.6 Å². The van der Waals surface area contributed by atoms with Crippen molar-refractivity contribution in [3.63, 3.8) is 0 Å². The topological polar surface area (TPSA) is 95.4 Å². The largest absolute Gasteiger partial charge is 0.376 e. The van der Waals surface area contributed by atoms with Crippen LogP contribution >= 0.6 is 11.8 Å². The Morgan fingerprint density at radius 2 is 2.17 bits per heavy atom. The molecule has 2 aliphatic heterocycles. The SMILES string of the molecule is COC1([C@H](N=[N+]=[N-])C(=O)N2C(=O)CC[C@@H]2c2ccccc2)CSC1. The molecule has 1 aromatic carbocycles. The Hall–Kier alpha value is -2.02. The van der Waals surface area contributed by atoms with Gasteiger partial charge in [0, 0.05) is 29.9 Å². The minimum Gasteiger partial charge on any atom is -0.376 e. The van der Waals surface area contributed by atoms with E-state index in [0.29, 0.717) is 24.3 Å². The van der Waals surface area contributed by atoms with Gasteiger partial charge in [-0.3, -0.25) is 14.5 Å². The molecular weight excluding hydrogens is 328 g/mol. The second-order valence-corrected chi connectivity index (χ2v) is 6.92. The molecule has 2 aliphatic rings. The fourth-order valence-corrected chi connectivity index (χ4v) is 4.36. The van der Waals surface area contributed by atoms with Crippen LogP contribution in [0.3, 0.4) is 0 Å². The van der Waals surface area contributed by atoms with E-state index in [-0.39, 0.29) is 11.9 Å². The Morgan fingerprint density at radius 1 is 1.46 bits per heavy atom. The number of amides is 2. The molecule has 0 aliphatic carbocycles. The molecule has 0 bridgehead atoms. The van der Waals surface area contributed by atoms with Gasteiger partial charge in [0.15, 0.2) is 0 Å². The number of ether oxygens (including phenoxy) is 1. The first-order chi connectivity index (χ1) is 11.6. The lowest BCUT2D eigenvalue weighted by atomic mass is 9.95. The van der Waals surface area contributed by atoms with Gasteiger partial charge in [-0.1, -0.05) is 35.4 Å². The average Bonchev–Trinajstić information content (AvgIpc) is 2.95. The number of likely N-dealkylation sites (tertiary alicyclic amines) is 1. The summed E-state index contributed by atoms with van der Waals surface area (Å²) in [4.78, 5) is 29.5. The van der Waals surface area contributed by atoms with Crippen molar-refractivity contribution in [2.75, 3.05) is 18.6 Å². The van der Waals surface area contributed by atoms with E-state index in [1.807, 2.05) is 30.3 Å². The molecule has 2 amide bonds. The molecule has 2 saturated heterocycles. The van der Waals surface area contributed by atoms with Crippen LogP contribution in [0.1, 0.15) is 24.4 Å². The molecule has 7 nitrogen and oxygen atoms in total. The molecule has 2 fully saturated rings. The van der Waals surface area contributed by atoms with Gasteiger partial charge in [0.05, 0.1) is 6.04 Å². The quantitative estimate of drug-likeness (QED) is 0.465. The summed E-state index contributed by atoms with van der Waals surface area (Å²) in [5.74, 6) is 0.435. The van der Waals surface area contributed by atoms with Gasteiger partial charge >= 0.3 is 0 Å². The minimum absolute atomic E-state index is 0.231. The average molecular weight is 346 g/mol. The van der Waals surface area contributed by atoms with Gasteiger partial charge < -0.3 is 4.74 Å². The second-order valence-electron chi connectivity index (χ2n) is 5.94. The number of hydrogen-bond donors (Lipinski definition) is 0. The highest BCUT2D eigenvalue weighted by Gasteiger charge is 2.52. The summed E-state index contributed by atoms with van der Waals surface area (Å²) in [5.41, 5.74) is 8.98. The lowest BCUT2D eigenvalue weighted by molar-refractivity contribution is -0.149. The molecule has 0 N–H and O–H groups in total. The highest BCUT2D eigenvalue weighted by Crippen LogP contribution is 2.40. The van der Waals surface area contributed by atoms with E-state index in [1.165, 1.54) is 12.0 Å². The number of carbonyl (C=O) groups excluding carboxylic acids is 2. The van der Waals surface area contributed by atoms with Gasteiger partial charge in [0.1, 0.15) is 11.6 Å². The van der Waals surface area contributed by atoms with Crippen LogP contribution in [-0.4, -0.2) is 47.0 Å². The molecule has 0 spiro atoms. The first-order valence-electron chi connectivity index (χ1n) is 7.71. The summed E-state index contributed by atoms with van der Waals surface area (Å²) in [6.45, 7) is 0. The molecule has 8 heteroatoms. The van der Waals surface area contributed by atoms with E-state index < -0.39 is 17.6 Å². The first kappa shape index (κ1) is 16.8. The molecular formula is C16H18N4O3S. The number of imide groups is 1. The Balaban J connectivity index is 1.93. The number of nitrogens with zero attached hydrogens (tertiary/aromatic N) is 4. The van der Waals surface area contributed by atoms with Gasteiger partial charge in [0.25, 0.3) is 0 Å². The smallest absolute Gasteiger partial charge is 0.241 e. The third-order valence-corrected chi connectivity index (χ3v) is 6.02. The summed E-state index contributed by atoms with van der Waals surface area (Å²) in [5, 5.41) is 3.70. The summed E-state index contributed by atoms with van der Waals surface area (Å²) < 4.78 is 5.50. The van der Waals surface area contributed by atoms with Crippen molar-refractivity contribution < 1.29 is 14.3 Å². The van der Waals surface area contributed by atoms with E-state index >= 15 is 0 Å². The van der Waals surface area contributed by atoms with Crippen LogP contribution in [-0.2, 0) is 14.3 Å². The van der Waals surface area contributed by atoms with Crippen molar-refractivity contribution in [1.29, 1.82) is 0 Å². The van der Waals surface area contributed by atoms with Crippen molar-refractivity contribution in [2.24, 2.45) is 5.11 Å². The summed E-state index contributed by atoms with van der Waals surface area (Å²) in [6.07, 6.45) is 0.884. The predicted octanol–water partition coefficient (Wildman–Crippen LogP) is 2.69. The van der Waals surface area contributed by atoms with Crippen LogP contribution in [0.15, 0.2) is 35.4 Å². The molecule has 0 aromatic heterocycles. The molecule has 0 unspecified atom stereocenters. The molecule has 2 heterocycles. The number of carbonyl (C=O) groups is 2. The summed E-state index contributed by atoms with van der Waals surface area (Å²) in [7, 11) is 1.51. The van der Waals surface area contributed by atoms with Gasteiger partial charge in [-0.25, -0.2) is 0 Å². The molecule has 126 valence electrons. The Bertz CT molecular complexity index is 680. The van der Waals surface area contributed by atoms with Crippen molar-refractivity contribution in [1.82, 2.24) is 4.90 Å². The van der Waals surface area contributed by atoms with Crippen LogP contribution in [0, 0.1) is 0 Å². The highest BCUT2D eigenvalue weighted by molar-refractivity contribution is 8.00. The number of thioether (sulfide) groups is 1. The molecule has 1 aromatic rings. The highest BCUT2D eigenvalue weighted by atomic mass is 32.2. The number of methoxy groups -OCH3 is 1. The predicted molar refractivity (Wildman–Crippen MR) is 90.3 cm³/mol. The van der Waals surface area contributed by atoms with Crippen LogP contribution in [0.25, 0.3) is 10.4 Å². The van der Waals surface area contributed by atoms with E-state index in [2.05, 4.69) is 10.0 Å². The van der Waals surface area contributed by atoms with Crippen LogP contribution in [0.2, 0.25) is 0 Å². The van der Waals surface area contributed by atoms with Crippen molar-refractivity contribution in [3.05, 3.63) is 46.3 Å². The van der Waals surface area contributed by atoms with Crippen LogP contribution in [0.4, 0.5) is 0 Å². The molecule has 2 atom stereocenters.